The van der Waals surface area contributed by atoms with E-state index in [-0.39, 0.29) is 6.42 Å². The summed E-state index contributed by atoms with van der Waals surface area (Å²) in [6.07, 6.45) is 3.69. The number of carbonyl (C=O) groups excluding carboxylic acids is 1. The maximum absolute atomic E-state index is 12.1. The van der Waals surface area contributed by atoms with Gasteiger partial charge in [0.2, 0.25) is 0 Å². The van der Waals surface area contributed by atoms with Crippen LogP contribution in [0.1, 0.15) is 31.7 Å². The molecule has 26 heavy (non-hydrogen) atoms. The Balaban J connectivity index is 2.00. The van der Waals surface area contributed by atoms with E-state index in [2.05, 4.69) is 9.88 Å². The average molecular weight is 362 g/mol. The summed E-state index contributed by atoms with van der Waals surface area (Å²) in [5.74, 6) is -1.31. The minimum atomic E-state index is -0.869. The third-order valence-electron chi connectivity index (χ3n) is 4.22. The van der Waals surface area contributed by atoms with Crippen molar-refractivity contribution in [3.05, 3.63) is 30.0 Å². The third kappa shape index (κ3) is 5.49. The maximum atomic E-state index is 12.1. The van der Waals surface area contributed by atoms with Crippen molar-refractivity contribution in [1.82, 2.24) is 9.88 Å². The number of carboxylic acids is 1. The quantitative estimate of drug-likeness (QED) is 0.499. The third-order valence-corrected chi connectivity index (χ3v) is 4.22. The zero-order valence-corrected chi connectivity index (χ0v) is 15.4. The molecule has 1 aromatic carbocycles. The highest BCUT2D eigenvalue weighted by Gasteiger charge is 2.18. The van der Waals surface area contributed by atoms with Crippen molar-refractivity contribution in [1.29, 1.82) is 0 Å². The summed E-state index contributed by atoms with van der Waals surface area (Å²) in [5, 5.41) is 9.56. The largest absolute Gasteiger partial charge is 0.481 e. The standard InChI is InChI=1S/C19H26N2O5/c1-13(6-4-9-17(22)23)19(24)26-25-16-8-5-7-15-18(16)14(12-20-15)10-11-21(2)3/h5,7-8,12-13,20H,4,6,9-11H2,1-3H3,(H,22,23). The number of aliphatic carboxylic acids is 1. The molecule has 0 bridgehead atoms. The lowest BCUT2D eigenvalue weighted by Gasteiger charge is -2.12. The number of nitrogens with zero attached hydrogens (tertiary/aromatic N) is 1. The van der Waals surface area contributed by atoms with Gasteiger partial charge in [0.05, 0.1) is 11.3 Å². The molecular weight excluding hydrogens is 336 g/mol. The second-order valence-corrected chi connectivity index (χ2v) is 6.72. The van der Waals surface area contributed by atoms with E-state index in [9.17, 15) is 9.59 Å². The molecule has 0 saturated heterocycles. The zero-order valence-electron chi connectivity index (χ0n) is 15.4. The fraction of sp³-hybridized carbons (Fsp3) is 0.474. The van der Waals surface area contributed by atoms with E-state index in [1.54, 1.807) is 13.0 Å². The Labute approximate surface area is 152 Å². The molecular formula is C19H26N2O5. The number of H-pyrrole nitrogens is 1. The minimum absolute atomic E-state index is 0.0381. The molecule has 0 fully saturated rings. The minimum Gasteiger partial charge on any atom is -0.481 e. The van der Waals surface area contributed by atoms with Gasteiger partial charge in [-0.1, -0.05) is 13.0 Å². The van der Waals surface area contributed by atoms with Crippen LogP contribution in [0, 0.1) is 5.92 Å². The van der Waals surface area contributed by atoms with Gasteiger partial charge < -0.3 is 15.0 Å². The van der Waals surface area contributed by atoms with Crippen LogP contribution in [0.4, 0.5) is 0 Å². The molecule has 142 valence electrons. The van der Waals surface area contributed by atoms with Crippen LogP contribution in [0.25, 0.3) is 10.9 Å². The van der Waals surface area contributed by atoms with Crippen molar-refractivity contribution >= 4 is 22.8 Å². The summed E-state index contributed by atoms with van der Waals surface area (Å²) in [5.41, 5.74) is 2.01. The highest BCUT2D eigenvalue weighted by Crippen LogP contribution is 2.29. The molecule has 0 aliphatic carbocycles. The first-order valence-electron chi connectivity index (χ1n) is 8.72. The van der Waals surface area contributed by atoms with Gasteiger partial charge in [0.1, 0.15) is 0 Å². The van der Waals surface area contributed by atoms with Crippen molar-refractivity contribution in [3.63, 3.8) is 0 Å². The lowest BCUT2D eigenvalue weighted by atomic mass is 10.0. The second-order valence-electron chi connectivity index (χ2n) is 6.72. The number of aromatic amines is 1. The lowest BCUT2D eigenvalue weighted by molar-refractivity contribution is -0.217. The van der Waals surface area contributed by atoms with Crippen molar-refractivity contribution < 1.29 is 24.5 Å². The summed E-state index contributed by atoms with van der Waals surface area (Å²) >= 11 is 0. The van der Waals surface area contributed by atoms with Crippen molar-refractivity contribution in [2.24, 2.45) is 5.92 Å². The Morgan fingerprint density at radius 2 is 2.08 bits per heavy atom. The number of nitrogens with one attached hydrogen (secondary N) is 1. The number of fused-ring (bicyclic) bond motifs is 1. The van der Waals surface area contributed by atoms with Crippen molar-refractivity contribution in [2.75, 3.05) is 20.6 Å². The lowest BCUT2D eigenvalue weighted by Crippen LogP contribution is -2.17. The molecule has 1 heterocycles. The van der Waals surface area contributed by atoms with Gasteiger partial charge in [0, 0.05) is 24.7 Å². The number of carboxylic acid groups (broad SMARTS) is 1. The number of aromatic nitrogens is 1. The molecule has 0 aliphatic heterocycles. The maximum Gasteiger partial charge on any atom is 0.358 e. The molecule has 1 unspecified atom stereocenters. The van der Waals surface area contributed by atoms with Crippen LogP contribution in [-0.2, 0) is 20.9 Å². The second kappa shape index (κ2) is 9.24. The first-order chi connectivity index (χ1) is 12.4. The van der Waals surface area contributed by atoms with Crippen LogP contribution in [0.2, 0.25) is 0 Å². The first-order valence-corrected chi connectivity index (χ1v) is 8.72. The highest BCUT2D eigenvalue weighted by atomic mass is 17.2. The summed E-state index contributed by atoms with van der Waals surface area (Å²) in [4.78, 5) is 38.2. The fourth-order valence-corrected chi connectivity index (χ4v) is 2.68. The van der Waals surface area contributed by atoms with Crippen LogP contribution in [0.15, 0.2) is 24.4 Å². The van der Waals surface area contributed by atoms with E-state index >= 15 is 0 Å². The number of carbonyl (C=O) groups is 2. The molecule has 0 aliphatic rings. The summed E-state index contributed by atoms with van der Waals surface area (Å²) in [6, 6.07) is 5.53. The Bertz CT molecular complexity index is 753. The van der Waals surface area contributed by atoms with Gasteiger partial charge in [0.25, 0.3) is 0 Å². The number of hydrogen-bond donors (Lipinski definition) is 2. The van der Waals surface area contributed by atoms with Crippen LogP contribution < -0.4 is 4.89 Å². The van der Waals surface area contributed by atoms with E-state index in [4.69, 9.17) is 14.9 Å². The number of likely N-dealkylation sites (N-methyl/N-ethyl adjacent to an activating group) is 1. The molecule has 7 heteroatoms. The van der Waals surface area contributed by atoms with Gasteiger partial charge in [-0.2, -0.15) is 0 Å². The van der Waals surface area contributed by atoms with Gasteiger partial charge in [-0.25, -0.2) is 4.79 Å². The van der Waals surface area contributed by atoms with Crippen LogP contribution >= 0.6 is 0 Å². The van der Waals surface area contributed by atoms with Crippen molar-refractivity contribution in [2.45, 2.75) is 32.6 Å². The van der Waals surface area contributed by atoms with Crippen LogP contribution in [-0.4, -0.2) is 47.6 Å². The number of benzene rings is 1. The van der Waals surface area contributed by atoms with E-state index in [0.29, 0.717) is 18.6 Å². The molecule has 1 aromatic heterocycles. The molecule has 2 rings (SSSR count). The SMILES string of the molecule is CC(CCCC(=O)O)C(=O)OOc1cccc2[nH]cc(CCN(C)C)c12. The van der Waals surface area contributed by atoms with Gasteiger partial charge in [-0.15, -0.1) is 0 Å². The predicted molar refractivity (Wildman–Crippen MR) is 97.9 cm³/mol. The van der Waals surface area contributed by atoms with Crippen molar-refractivity contribution in [3.8, 4) is 5.75 Å². The zero-order chi connectivity index (χ0) is 19.1. The molecule has 1 atom stereocenters. The predicted octanol–water partition coefficient (Wildman–Crippen LogP) is 3.00. The summed E-state index contributed by atoms with van der Waals surface area (Å²) in [7, 11) is 4.03. The number of rotatable bonds is 10. The Kier molecular flexibility index (Phi) is 7.03. The molecule has 0 spiro atoms. The Morgan fingerprint density at radius 1 is 1.31 bits per heavy atom. The molecule has 2 N–H and O–H groups in total. The molecule has 0 saturated carbocycles. The smallest absolute Gasteiger partial charge is 0.358 e. The Hall–Kier alpha value is -2.54. The normalized spacial score (nSPS) is 12.3. The van der Waals surface area contributed by atoms with E-state index in [1.165, 1.54) is 0 Å². The fourth-order valence-electron chi connectivity index (χ4n) is 2.68. The number of hydrogen-bond acceptors (Lipinski definition) is 5. The van der Waals surface area contributed by atoms with Gasteiger partial charge in [-0.05, 0) is 51.1 Å². The summed E-state index contributed by atoms with van der Waals surface area (Å²) in [6.45, 7) is 2.59. The van der Waals surface area contributed by atoms with E-state index in [1.807, 2.05) is 32.4 Å². The molecule has 0 radical (unpaired) electrons. The van der Waals surface area contributed by atoms with Crippen LogP contribution in [0.3, 0.4) is 0 Å². The van der Waals surface area contributed by atoms with E-state index < -0.39 is 17.9 Å². The first kappa shape index (κ1) is 19.8. The van der Waals surface area contributed by atoms with E-state index in [0.717, 1.165) is 29.4 Å². The average Bonchev–Trinajstić information content (AvgIpc) is 3.01. The molecule has 0 amide bonds. The van der Waals surface area contributed by atoms with Gasteiger partial charge in [0.15, 0.2) is 5.75 Å². The van der Waals surface area contributed by atoms with Gasteiger partial charge in [-0.3, -0.25) is 14.6 Å². The topological polar surface area (TPSA) is 91.9 Å². The monoisotopic (exact) mass is 362 g/mol. The Morgan fingerprint density at radius 3 is 2.77 bits per heavy atom. The summed E-state index contributed by atoms with van der Waals surface area (Å²) < 4.78 is 0. The van der Waals surface area contributed by atoms with Crippen LogP contribution in [0.5, 0.6) is 5.75 Å². The van der Waals surface area contributed by atoms with Gasteiger partial charge >= 0.3 is 11.9 Å². The molecule has 2 aromatic rings. The highest BCUT2D eigenvalue weighted by molar-refractivity contribution is 5.89. The molecule has 7 nitrogen and oxygen atoms in total.